The normalized spacial score (nSPS) is 18.7. The Morgan fingerprint density at radius 2 is 1.19 bits per heavy atom. The SMILES string of the molecule is CCCCCCC(C)CC[C@H](C)OC1CCN(CC(CCCCC)CCCCCC)CC1. The van der Waals surface area contributed by atoms with Crippen LogP contribution in [0.3, 0.4) is 0 Å². The van der Waals surface area contributed by atoms with Crippen LogP contribution >= 0.6 is 0 Å². The average Bonchev–Trinajstić information content (AvgIpc) is 2.79. The lowest BCUT2D eigenvalue weighted by molar-refractivity contribution is -0.0412. The molecule has 2 heteroatoms. The predicted molar refractivity (Wildman–Crippen MR) is 144 cm³/mol. The molecule has 2 unspecified atom stereocenters. The van der Waals surface area contributed by atoms with Crippen molar-refractivity contribution in [2.24, 2.45) is 11.8 Å². The van der Waals surface area contributed by atoms with Crippen molar-refractivity contribution in [1.29, 1.82) is 0 Å². The third-order valence-electron chi connectivity index (χ3n) is 7.77. The summed E-state index contributed by atoms with van der Waals surface area (Å²) >= 11 is 0. The van der Waals surface area contributed by atoms with Gasteiger partial charge in [-0.2, -0.15) is 0 Å². The Labute approximate surface area is 203 Å². The summed E-state index contributed by atoms with van der Waals surface area (Å²) in [5.41, 5.74) is 0. The molecule has 0 amide bonds. The standard InChI is InChI=1S/C30H61NO/c1-6-9-12-15-17-27(4)20-21-28(5)32-30-22-24-31(25-23-30)26-29(18-14-11-8-3)19-16-13-10-7-2/h27-30H,6-26H2,1-5H3/t27?,28-,29?/m0/s1. The highest BCUT2D eigenvalue weighted by Gasteiger charge is 2.23. The van der Waals surface area contributed by atoms with E-state index in [1.54, 1.807) is 0 Å². The van der Waals surface area contributed by atoms with E-state index in [2.05, 4.69) is 39.5 Å². The summed E-state index contributed by atoms with van der Waals surface area (Å²) in [6.07, 6.45) is 25.7. The van der Waals surface area contributed by atoms with Crippen LogP contribution < -0.4 is 0 Å². The highest BCUT2D eigenvalue weighted by molar-refractivity contribution is 4.76. The molecule has 1 fully saturated rings. The highest BCUT2D eigenvalue weighted by Crippen LogP contribution is 2.24. The molecular formula is C30H61NO. The Morgan fingerprint density at radius 1 is 0.656 bits per heavy atom. The van der Waals surface area contributed by atoms with Crippen LogP contribution in [0.25, 0.3) is 0 Å². The number of ether oxygens (including phenoxy) is 1. The first-order valence-corrected chi connectivity index (χ1v) is 15.0. The van der Waals surface area contributed by atoms with Gasteiger partial charge in [-0.3, -0.25) is 0 Å². The van der Waals surface area contributed by atoms with E-state index in [9.17, 15) is 0 Å². The van der Waals surface area contributed by atoms with Crippen molar-refractivity contribution in [2.75, 3.05) is 19.6 Å². The second-order valence-corrected chi connectivity index (χ2v) is 11.2. The molecule has 0 spiro atoms. The van der Waals surface area contributed by atoms with E-state index >= 15 is 0 Å². The van der Waals surface area contributed by atoms with Gasteiger partial charge < -0.3 is 9.64 Å². The van der Waals surface area contributed by atoms with Crippen molar-refractivity contribution in [3.05, 3.63) is 0 Å². The van der Waals surface area contributed by atoms with Gasteiger partial charge in [0.15, 0.2) is 0 Å². The number of rotatable bonds is 21. The number of piperidine rings is 1. The molecule has 0 aromatic rings. The van der Waals surface area contributed by atoms with E-state index < -0.39 is 0 Å². The Kier molecular flexibility index (Phi) is 19.0. The molecule has 2 nitrogen and oxygen atoms in total. The van der Waals surface area contributed by atoms with Crippen LogP contribution in [-0.2, 0) is 4.74 Å². The molecule has 1 heterocycles. The van der Waals surface area contributed by atoms with Crippen molar-refractivity contribution >= 4 is 0 Å². The summed E-state index contributed by atoms with van der Waals surface area (Å²) in [7, 11) is 0. The fraction of sp³-hybridized carbons (Fsp3) is 1.00. The zero-order valence-corrected chi connectivity index (χ0v) is 23.0. The minimum absolute atomic E-state index is 0.435. The van der Waals surface area contributed by atoms with Crippen LogP contribution in [0.15, 0.2) is 0 Å². The first-order valence-electron chi connectivity index (χ1n) is 15.0. The van der Waals surface area contributed by atoms with Crippen LogP contribution in [-0.4, -0.2) is 36.7 Å². The smallest absolute Gasteiger partial charge is 0.0603 e. The molecule has 0 radical (unpaired) electrons. The van der Waals surface area contributed by atoms with Crippen molar-refractivity contribution in [1.82, 2.24) is 4.90 Å². The van der Waals surface area contributed by atoms with Crippen LogP contribution in [0.4, 0.5) is 0 Å². The van der Waals surface area contributed by atoms with E-state index in [4.69, 9.17) is 4.74 Å². The monoisotopic (exact) mass is 451 g/mol. The van der Waals surface area contributed by atoms with Crippen molar-refractivity contribution in [3.63, 3.8) is 0 Å². The first kappa shape index (κ1) is 30.0. The van der Waals surface area contributed by atoms with E-state index in [-0.39, 0.29) is 0 Å². The van der Waals surface area contributed by atoms with Gasteiger partial charge in [0.2, 0.25) is 0 Å². The fourth-order valence-corrected chi connectivity index (χ4v) is 5.44. The van der Waals surface area contributed by atoms with Gasteiger partial charge in [-0.25, -0.2) is 0 Å². The lowest BCUT2D eigenvalue weighted by atomic mass is 9.93. The molecule has 0 aromatic heterocycles. The lowest BCUT2D eigenvalue weighted by Crippen LogP contribution is -2.40. The van der Waals surface area contributed by atoms with Crippen LogP contribution in [0, 0.1) is 11.8 Å². The lowest BCUT2D eigenvalue weighted by Gasteiger charge is -2.35. The van der Waals surface area contributed by atoms with Gasteiger partial charge in [0.05, 0.1) is 12.2 Å². The summed E-state index contributed by atoms with van der Waals surface area (Å²) in [4.78, 5) is 2.76. The van der Waals surface area contributed by atoms with Crippen molar-refractivity contribution in [2.45, 2.75) is 162 Å². The number of likely N-dealkylation sites (tertiary alicyclic amines) is 1. The van der Waals surface area contributed by atoms with Gasteiger partial charge >= 0.3 is 0 Å². The van der Waals surface area contributed by atoms with Crippen LogP contribution in [0.5, 0.6) is 0 Å². The zero-order valence-electron chi connectivity index (χ0n) is 23.0. The van der Waals surface area contributed by atoms with Crippen molar-refractivity contribution in [3.8, 4) is 0 Å². The molecule has 192 valence electrons. The van der Waals surface area contributed by atoms with Crippen molar-refractivity contribution < 1.29 is 4.74 Å². The Hall–Kier alpha value is -0.0800. The fourth-order valence-electron chi connectivity index (χ4n) is 5.44. The molecule has 1 aliphatic rings. The quantitative estimate of drug-likeness (QED) is 0.161. The predicted octanol–water partition coefficient (Wildman–Crippen LogP) is 9.41. The summed E-state index contributed by atoms with van der Waals surface area (Å²) in [6.45, 7) is 15.6. The van der Waals surface area contributed by atoms with Gasteiger partial charge in [0, 0.05) is 19.6 Å². The number of unbranched alkanes of at least 4 members (excludes halogenated alkanes) is 8. The maximum absolute atomic E-state index is 6.48. The molecule has 1 aliphatic heterocycles. The zero-order chi connectivity index (χ0) is 23.4. The highest BCUT2D eigenvalue weighted by atomic mass is 16.5. The first-order chi connectivity index (χ1) is 15.6. The molecule has 3 atom stereocenters. The Bertz CT molecular complexity index is 390. The minimum Gasteiger partial charge on any atom is -0.375 e. The average molecular weight is 452 g/mol. The topological polar surface area (TPSA) is 12.5 Å². The van der Waals surface area contributed by atoms with E-state index in [0.717, 1.165) is 11.8 Å². The Balaban J connectivity index is 2.22. The molecule has 32 heavy (non-hydrogen) atoms. The third-order valence-corrected chi connectivity index (χ3v) is 7.77. The molecule has 0 aromatic carbocycles. The van der Waals surface area contributed by atoms with Crippen LogP contribution in [0.1, 0.15) is 150 Å². The van der Waals surface area contributed by atoms with Gasteiger partial charge in [0.25, 0.3) is 0 Å². The van der Waals surface area contributed by atoms with Gasteiger partial charge in [-0.1, -0.05) is 105 Å². The van der Waals surface area contributed by atoms with E-state index in [1.807, 2.05) is 0 Å². The third kappa shape index (κ3) is 15.7. The van der Waals surface area contributed by atoms with Gasteiger partial charge in [-0.15, -0.1) is 0 Å². The molecule has 1 rings (SSSR count). The summed E-state index contributed by atoms with van der Waals surface area (Å²) in [5.74, 6) is 1.79. The Morgan fingerprint density at radius 3 is 1.78 bits per heavy atom. The molecular weight excluding hydrogens is 390 g/mol. The molecule has 0 bridgehead atoms. The number of hydrogen-bond donors (Lipinski definition) is 0. The minimum atomic E-state index is 0.435. The summed E-state index contributed by atoms with van der Waals surface area (Å²) < 4.78 is 6.48. The summed E-state index contributed by atoms with van der Waals surface area (Å²) in [5, 5.41) is 0. The molecule has 0 N–H and O–H groups in total. The number of nitrogens with zero attached hydrogens (tertiary/aromatic N) is 1. The van der Waals surface area contributed by atoms with Gasteiger partial charge in [-0.05, 0) is 57.3 Å². The summed E-state index contributed by atoms with van der Waals surface area (Å²) in [6, 6.07) is 0. The second-order valence-electron chi connectivity index (χ2n) is 11.2. The molecule has 1 saturated heterocycles. The van der Waals surface area contributed by atoms with E-state index in [1.165, 1.54) is 135 Å². The maximum atomic E-state index is 6.48. The molecule has 0 saturated carbocycles. The van der Waals surface area contributed by atoms with E-state index in [0.29, 0.717) is 12.2 Å². The van der Waals surface area contributed by atoms with Crippen LogP contribution in [0.2, 0.25) is 0 Å². The largest absolute Gasteiger partial charge is 0.375 e. The second kappa shape index (κ2) is 20.3. The number of hydrogen-bond acceptors (Lipinski definition) is 2. The molecule has 0 aliphatic carbocycles. The van der Waals surface area contributed by atoms with Gasteiger partial charge in [0.1, 0.15) is 0 Å². The maximum Gasteiger partial charge on any atom is 0.0603 e.